The highest BCUT2D eigenvalue weighted by Gasteiger charge is 2.25. The van der Waals surface area contributed by atoms with Crippen LogP contribution in [0.4, 0.5) is 14.6 Å². The number of hydrogen-bond donors (Lipinski definition) is 1. The molecule has 1 aromatic heterocycles. The van der Waals surface area contributed by atoms with Crippen molar-refractivity contribution in [2.45, 2.75) is 13.0 Å². The first-order chi connectivity index (χ1) is 14.3. The van der Waals surface area contributed by atoms with Crippen molar-refractivity contribution in [3.8, 4) is 0 Å². The largest absolute Gasteiger partial charge is 0.492 e. The lowest BCUT2D eigenvalue weighted by Gasteiger charge is -2.11. The number of nitrogens with two attached hydrogens (primary N) is 1. The van der Waals surface area contributed by atoms with Crippen LogP contribution in [0.1, 0.15) is 28.3 Å². The van der Waals surface area contributed by atoms with Gasteiger partial charge in [0, 0.05) is 12.0 Å². The van der Waals surface area contributed by atoms with E-state index in [1.165, 1.54) is 31.4 Å². The predicted molar refractivity (Wildman–Crippen MR) is 109 cm³/mol. The molecule has 1 aliphatic rings. The summed E-state index contributed by atoms with van der Waals surface area (Å²) in [5.41, 5.74) is 5.46. The molecule has 0 amide bonds. The fourth-order valence-corrected chi connectivity index (χ4v) is 3.02. The van der Waals surface area contributed by atoms with Crippen molar-refractivity contribution in [2.24, 2.45) is 0 Å². The predicted octanol–water partition coefficient (Wildman–Crippen LogP) is 4.95. The Morgan fingerprint density at radius 3 is 2.67 bits per heavy atom. The zero-order valence-electron chi connectivity index (χ0n) is 15.6. The highest BCUT2D eigenvalue weighted by atomic mass is 35.5. The van der Waals surface area contributed by atoms with Crippen molar-refractivity contribution in [2.75, 3.05) is 12.8 Å². The van der Waals surface area contributed by atoms with Gasteiger partial charge in [-0.15, -0.1) is 0 Å². The molecule has 0 fully saturated rings. The lowest BCUT2D eigenvalue weighted by Crippen LogP contribution is -2.13. The number of aromatic nitrogens is 2. The molecule has 0 bridgehead atoms. The van der Waals surface area contributed by atoms with Crippen LogP contribution >= 0.6 is 23.2 Å². The molecule has 10 heteroatoms. The molecule has 1 aromatic carbocycles. The number of hydrogen-bond acceptors (Lipinski definition) is 6. The summed E-state index contributed by atoms with van der Waals surface area (Å²) >= 11 is 12.1. The molecule has 2 aromatic rings. The van der Waals surface area contributed by atoms with Crippen LogP contribution in [0, 0.1) is 5.82 Å². The Morgan fingerprint density at radius 1 is 1.23 bits per heavy atom. The Balaban J connectivity index is 1.97. The van der Waals surface area contributed by atoms with Crippen LogP contribution in [0.25, 0.3) is 5.57 Å². The van der Waals surface area contributed by atoms with Gasteiger partial charge in [0.2, 0.25) is 0 Å². The molecular formula is C20H15Cl2F2N3O3. The number of nitrogens with zero attached hydrogens (tertiary/aromatic N) is 2. The Bertz CT molecular complexity index is 1100. The summed E-state index contributed by atoms with van der Waals surface area (Å²) in [5, 5.41) is -0.121. The lowest BCUT2D eigenvalue weighted by molar-refractivity contribution is 0.0462. The zero-order chi connectivity index (χ0) is 21.8. The molecule has 0 saturated heterocycles. The average molecular weight is 454 g/mol. The summed E-state index contributed by atoms with van der Waals surface area (Å²) in [6.45, 7) is -0.357. The SMILES string of the molecule is COC1=C(Cl)CC=CC(c2nc(N)c(Cl)c(C(=O)OCc3ccccc3F)n2)=C1F. The second-order valence-electron chi connectivity index (χ2n) is 6.03. The number of esters is 1. The minimum absolute atomic E-state index is 0.103. The van der Waals surface area contributed by atoms with Gasteiger partial charge in [-0.3, -0.25) is 0 Å². The van der Waals surface area contributed by atoms with Gasteiger partial charge in [0.15, 0.2) is 23.1 Å². The second-order valence-corrected chi connectivity index (χ2v) is 6.87. The highest BCUT2D eigenvalue weighted by molar-refractivity contribution is 6.35. The van der Waals surface area contributed by atoms with Crippen LogP contribution in [0.15, 0.2) is 53.0 Å². The van der Waals surface area contributed by atoms with E-state index in [0.717, 1.165) is 0 Å². The third-order valence-corrected chi connectivity index (χ3v) is 4.79. The number of benzene rings is 1. The molecule has 2 N–H and O–H groups in total. The number of methoxy groups -OCH3 is 1. The van der Waals surface area contributed by atoms with E-state index in [4.69, 9.17) is 38.4 Å². The standard InChI is InChI=1S/C20H15Cl2F2N3O3/c1-29-17-12(21)7-4-6-11(15(17)24)19-26-16(14(22)18(25)27-19)20(28)30-9-10-5-2-3-8-13(10)23/h2-6,8H,7,9H2,1H3,(H2,25,26,27). The fraction of sp³-hybridized carbons (Fsp3) is 0.150. The number of anilines is 1. The maximum atomic E-state index is 14.9. The molecule has 30 heavy (non-hydrogen) atoms. The Kier molecular flexibility index (Phi) is 6.69. The number of allylic oxidation sites excluding steroid dienone is 5. The van der Waals surface area contributed by atoms with E-state index in [-0.39, 0.29) is 57.3 Å². The van der Waals surface area contributed by atoms with Crippen molar-refractivity contribution >= 4 is 40.6 Å². The topological polar surface area (TPSA) is 87.3 Å². The molecule has 1 heterocycles. The summed E-state index contributed by atoms with van der Waals surface area (Å²) < 4.78 is 38.8. The molecule has 3 rings (SSSR count). The van der Waals surface area contributed by atoms with E-state index in [0.29, 0.717) is 0 Å². The normalized spacial score (nSPS) is 14.0. The number of carbonyl (C=O) groups excluding carboxylic acids is 1. The van der Waals surface area contributed by atoms with Gasteiger partial charge >= 0.3 is 5.97 Å². The Hall–Kier alpha value is -2.97. The third kappa shape index (κ3) is 4.44. The van der Waals surface area contributed by atoms with Crippen LogP contribution in [0.2, 0.25) is 5.02 Å². The highest BCUT2D eigenvalue weighted by Crippen LogP contribution is 2.34. The summed E-state index contributed by atoms with van der Waals surface area (Å²) in [7, 11) is 1.27. The Labute approximate surface area is 180 Å². The smallest absolute Gasteiger partial charge is 0.359 e. The number of halogens is 4. The fourth-order valence-electron chi connectivity index (χ4n) is 2.61. The molecule has 156 valence electrons. The van der Waals surface area contributed by atoms with Crippen LogP contribution in [-0.4, -0.2) is 23.0 Å². The first-order valence-corrected chi connectivity index (χ1v) is 9.32. The number of ether oxygens (including phenoxy) is 2. The molecule has 0 radical (unpaired) electrons. The number of nitrogen functional groups attached to an aromatic ring is 1. The minimum Gasteiger partial charge on any atom is -0.492 e. The van der Waals surface area contributed by atoms with Crippen LogP contribution in [0.3, 0.4) is 0 Å². The molecule has 0 saturated carbocycles. The molecule has 0 unspecified atom stereocenters. The van der Waals surface area contributed by atoms with Gasteiger partial charge in [-0.2, -0.15) is 0 Å². The third-order valence-electron chi connectivity index (χ3n) is 4.10. The van der Waals surface area contributed by atoms with Gasteiger partial charge in [-0.1, -0.05) is 53.6 Å². The van der Waals surface area contributed by atoms with Crippen molar-refractivity contribution in [3.05, 3.63) is 81.0 Å². The average Bonchev–Trinajstić information content (AvgIpc) is 2.86. The molecule has 0 aliphatic heterocycles. The van der Waals surface area contributed by atoms with Crippen LogP contribution in [0.5, 0.6) is 0 Å². The molecule has 0 spiro atoms. The quantitative estimate of drug-likeness (QED) is 0.644. The van der Waals surface area contributed by atoms with E-state index < -0.39 is 17.6 Å². The minimum atomic E-state index is -0.974. The van der Waals surface area contributed by atoms with E-state index in [2.05, 4.69) is 9.97 Å². The van der Waals surface area contributed by atoms with E-state index >= 15 is 0 Å². The maximum Gasteiger partial charge on any atom is 0.359 e. The van der Waals surface area contributed by atoms with Crippen LogP contribution < -0.4 is 5.73 Å². The molecule has 1 aliphatic carbocycles. The van der Waals surface area contributed by atoms with E-state index in [1.54, 1.807) is 12.1 Å². The molecular weight excluding hydrogens is 439 g/mol. The maximum absolute atomic E-state index is 14.9. The first-order valence-electron chi connectivity index (χ1n) is 8.56. The van der Waals surface area contributed by atoms with Crippen molar-refractivity contribution in [3.63, 3.8) is 0 Å². The summed E-state index contributed by atoms with van der Waals surface area (Å²) in [6, 6.07) is 5.80. The summed E-state index contributed by atoms with van der Waals surface area (Å²) in [6.07, 6.45) is 3.19. The first kappa shape index (κ1) is 21.7. The Morgan fingerprint density at radius 2 is 1.97 bits per heavy atom. The van der Waals surface area contributed by atoms with Gasteiger partial charge < -0.3 is 15.2 Å². The summed E-state index contributed by atoms with van der Waals surface area (Å²) in [5.74, 6) is -3.00. The van der Waals surface area contributed by atoms with Gasteiger partial charge in [0.05, 0.1) is 17.7 Å². The molecule has 6 nitrogen and oxygen atoms in total. The number of carbonyl (C=O) groups is 1. The van der Waals surface area contributed by atoms with Gasteiger partial charge in [0.1, 0.15) is 23.3 Å². The lowest BCUT2D eigenvalue weighted by atomic mass is 10.2. The second kappa shape index (κ2) is 9.23. The number of rotatable bonds is 5. The van der Waals surface area contributed by atoms with Crippen molar-refractivity contribution in [1.82, 2.24) is 9.97 Å². The molecule has 0 atom stereocenters. The zero-order valence-corrected chi connectivity index (χ0v) is 17.1. The van der Waals surface area contributed by atoms with Gasteiger partial charge in [-0.05, 0) is 6.07 Å². The van der Waals surface area contributed by atoms with Crippen molar-refractivity contribution < 1.29 is 23.0 Å². The van der Waals surface area contributed by atoms with E-state index in [1.807, 2.05) is 0 Å². The van der Waals surface area contributed by atoms with Crippen LogP contribution in [-0.2, 0) is 16.1 Å². The van der Waals surface area contributed by atoms with Gasteiger partial charge in [0.25, 0.3) is 0 Å². The van der Waals surface area contributed by atoms with Crippen molar-refractivity contribution in [1.29, 1.82) is 0 Å². The summed E-state index contributed by atoms with van der Waals surface area (Å²) in [4.78, 5) is 20.5. The van der Waals surface area contributed by atoms with E-state index in [9.17, 15) is 13.6 Å². The van der Waals surface area contributed by atoms with Gasteiger partial charge in [-0.25, -0.2) is 23.5 Å². The monoisotopic (exact) mass is 453 g/mol.